The number of hydrogen-bond donors (Lipinski definition) is 2. The highest BCUT2D eigenvalue weighted by atomic mass is 32.2. The summed E-state index contributed by atoms with van der Waals surface area (Å²) in [6.45, 7) is 6.27. The summed E-state index contributed by atoms with van der Waals surface area (Å²) in [7, 11) is 0. The van der Waals surface area contributed by atoms with Gasteiger partial charge in [-0.2, -0.15) is 0 Å². The molecule has 0 aliphatic rings. The van der Waals surface area contributed by atoms with E-state index in [9.17, 15) is 0 Å². The second-order valence-electron chi connectivity index (χ2n) is 4.94. The molecule has 0 bridgehead atoms. The Kier molecular flexibility index (Phi) is 4.61. The maximum Gasteiger partial charge on any atom is 0.208 e. The van der Waals surface area contributed by atoms with Gasteiger partial charge in [-0.05, 0) is 24.0 Å². The number of rotatable bonds is 5. The van der Waals surface area contributed by atoms with Crippen molar-refractivity contribution < 1.29 is 0 Å². The lowest BCUT2D eigenvalue weighted by Crippen LogP contribution is -2.13. The molecule has 1 aromatic carbocycles. The average molecular weight is 276 g/mol. The first-order valence-electron chi connectivity index (χ1n) is 6.43. The van der Waals surface area contributed by atoms with E-state index in [0.717, 1.165) is 22.3 Å². The van der Waals surface area contributed by atoms with E-state index in [1.165, 1.54) is 5.56 Å². The second kappa shape index (κ2) is 6.21. The van der Waals surface area contributed by atoms with Crippen LogP contribution in [0.1, 0.15) is 42.8 Å². The third-order valence-corrected chi connectivity index (χ3v) is 3.97. The molecule has 1 heterocycles. The molecule has 0 radical (unpaired) electrons. The molecule has 2 aromatic rings. The molecule has 1 unspecified atom stereocenters. The Bertz CT molecular complexity index is 518. The Morgan fingerprint density at radius 1 is 1.21 bits per heavy atom. The first-order valence-corrected chi connectivity index (χ1v) is 7.42. The van der Waals surface area contributed by atoms with Crippen LogP contribution in [0, 0.1) is 6.92 Å². The molecule has 4 nitrogen and oxygen atoms in total. The van der Waals surface area contributed by atoms with E-state index in [1.807, 2.05) is 6.92 Å². The number of nitrogens with zero attached hydrogens (tertiary/aromatic N) is 2. The molecule has 102 valence electrons. The van der Waals surface area contributed by atoms with Crippen LogP contribution in [0.15, 0.2) is 29.4 Å². The Hall–Kier alpha value is -1.33. The van der Waals surface area contributed by atoms with Crippen molar-refractivity contribution in [1.82, 2.24) is 15.2 Å². The lowest BCUT2D eigenvalue weighted by atomic mass is 10.00. The van der Waals surface area contributed by atoms with Crippen LogP contribution in [0.5, 0.6) is 0 Å². The molecule has 0 aliphatic carbocycles. The minimum Gasteiger partial charge on any atom is -0.323 e. The number of aromatic nitrogens is 3. The topological polar surface area (TPSA) is 67.6 Å². The quantitative estimate of drug-likeness (QED) is 0.824. The largest absolute Gasteiger partial charge is 0.323 e. The Labute approximate surface area is 118 Å². The molecule has 0 amide bonds. The van der Waals surface area contributed by atoms with Gasteiger partial charge in [-0.3, -0.25) is 5.10 Å². The predicted molar refractivity (Wildman–Crippen MR) is 79.3 cm³/mol. The van der Waals surface area contributed by atoms with Gasteiger partial charge in [-0.15, -0.1) is 5.10 Å². The van der Waals surface area contributed by atoms with Gasteiger partial charge < -0.3 is 5.73 Å². The van der Waals surface area contributed by atoms with Crippen LogP contribution >= 0.6 is 11.8 Å². The molecule has 2 rings (SSSR count). The molecular weight excluding hydrogens is 256 g/mol. The Morgan fingerprint density at radius 2 is 1.84 bits per heavy atom. The van der Waals surface area contributed by atoms with E-state index in [1.54, 1.807) is 11.8 Å². The van der Waals surface area contributed by atoms with Crippen molar-refractivity contribution in [2.45, 2.75) is 37.9 Å². The number of aromatic amines is 1. The van der Waals surface area contributed by atoms with Gasteiger partial charge in [0.1, 0.15) is 5.82 Å². The van der Waals surface area contributed by atoms with Crippen molar-refractivity contribution in [3.8, 4) is 0 Å². The maximum absolute atomic E-state index is 6.19. The molecular formula is C14H20N4S. The van der Waals surface area contributed by atoms with Crippen molar-refractivity contribution >= 4 is 11.8 Å². The summed E-state index contributed by atoms with van der Waals surface area (Å²) < 4.78 is 0. The Balaban J connectivity index is 1.94. The van der Waals surface area contributed by atoms with E-state index < -0.39 is 0 Å². The van der Waals surface area contributed by atoms with Gasteiger partial charge in [0.2, 0.25) is 5.16 Å². The highest BCUT2D eigenvalue weighted by Gasteiger charge is 2.09. The van der Waals surface area contributed by atoms with E-state index in [0.29, 0.717) is 5.92 Å². The summed E-state index contributed by atoms with van der Waals surface area (Å²) >= 11 is 1.58. The summed E-state index contributed by atoms with van der Waals surface area (Å²) in [5.74, 6) is 2.16. The van der Waals surface area contributed by atoms with Crippen LogP contribution in [0.25, 0.3) is 0 Å². The number of benzene rings is 1. The molecule has 19 heavy (non-hydrogen) atoms. The fourth-order valence-corrected chi connectivity index (χ4v) is 2.61. The van der Waals surface area contributed by atoms with Crippen LogP contribution in [0.4, 0.5) is 0 Å². The number of nitrogens with one attached hydrogen (secondary N) is 1. The summed E-state index contributed by atoms with van der Waals surface area (Å²) in [5, 5.41) is 7.68. The molecule has 1 atom stereocenters. The van der Waals surface area contributed by atoms with Gasteiger partial charge in [-0.25, -0.2) is 4.98 Å². The van der Waals surface area contributed by atoms with Crippen LogP contribution in [-0.4, -0.2) is 20.9 Å². The lowest BCUT2D eigenvalue weighted by molar-refractivity contribution is 0.819. The standard InChI is InChI=1S/C14H20N4S/c1-9(2)11-4-6-12(7-5-11)13(15)8-19-14-16-10(3)17-18-14/h4-7,9,13H,8,15H2,1-3H3,(H,16,17,18). The summed E-state index contributed by atoms with van der Waals surface area (Å²) in [4.78, 5) is 4.25. The smallest absolute Gasteiger partial charge is 0.208 e. The first kappa shape index (κ1) is 14.1. The van der Waals surface area contributed by atoms with Crippen molar-refractivity contribution in [3.63, 3.8) is 0 Å². The van der Waals surface area contributed by atoms with Gasteiger partial charge in [0.25, 0.3) is 0 Å². The Morgan fingerprint density at radius 3 is 2.37 bits per heavy atom. The number of thioether (sulfide) groups is 1. The number of nitrogens with two attached hydrogens (primary N) is 1. The lowest BCUT2D eigenvalue weighted by Gasteiger charge is -2.12. The predicted octanol–water partition coefficient (Wildman–Crippen LogP) is 3.03. The summed E-state index contributed by atoms with van der Waals surface area (Å²) in [6, 6.07) is 8.54. The van der Waals surface area contributed by atoms with E-state index in [-0.39, 0.29) is 6.04 Å². The van der Waals surface area contributed by atoms with Gasteiger partial charge in [0.15, 0.2) is 0 Å². The van der Waals surface area contributed by atoms with Crippen molar-refractivity contribution in [2.75, 3.05) is 5.75 Å². The fraction of sp³-hybridized carbons (Fsp3) is 0.429. The highest BCUT2D eigenvalue weighted by molar-refractivity contribution is 7.99. The van der Waals surface area contributed by atoms with Crippen molar-refractivity contribution in [2.24, 2.45) is 5.73 Å². The summed E-state index contributed by atoms with van der Waals surface area (Å²) in [5.41, 5.74) is 8.69. The maximum atomic E-state index is 6.19. The SMILES string of the molecule is Cc1nc(SCC(N)c2ccc(C(C)C)cc2)n[nH]1. The first-order chi connectivity index (χ1) is 9.06. The van der Waals surface area contributed by atoms with Crippen LogP contribution < -0.4 is 5.73 Å². The number of hydrogen-bond acceptors (Lipinski definition) is 4. The second-order valence-corrected chi connectivity index (χ2v) is 5.93. The van der Waals surface area contributed by atoms with Crippen molar-refractivity contribution in [1.29, 1.82) is 0 Å². The van der Waals surface area contributed by atoms with Gasteiger partial charge in [0, 0.05) is 11.8 Å². The van der Waals surface area contributed by atoms with E-state index >= 15 is 0 Å². The molecule has 1 aromatic heterocycles. The molecule has 3 N–H and O–H groups in total. The molecule has 0 aliphatic heterocycles. The van der Waals surface area contributed by atoms with Gasteiger partial charge in [0.05, 0.1) is 0 Å². The van der Waals surface area contributed by atoms with E-state index in [4.69, 9.17) is 5.73 Å². The zero-order valence-electron chi connectivity index (χ0n) is 11.6. The zero-order chi connectivity index (χ0) is 13.8. The zero-order valence-corrected chi connectivity index (χ0v) is 12.4. The number of H-pyrrole nitrogens is 1. The minimum atomic E-state index is 0.00465. The third-order valence-electron chi connectivity index (χ3n) is 3.00. The van der Waals surface area contributed by atoms with Gasteiger partial charge >= 0.3 is 0 Å². The monoisotopic (exact) mass is 276 g/mol. The summed E-state index contributed by atoms with van der Waals surface area (Å²) in [6.07, 6.45) is 0. The minimum absolute atomic E-state index is 0.00465. The van der Waals surface area contributed by atoms with Crippen LogP contribution in [-0.2, 0) is 0 Å². The molecule has 0 fully saturated rings. The average Bonchev–Trinajstić information content (AvgIpc) is 2.82. The molecule has 5 heteroatoms. The van der Waals surface area contributed by atoms with E-state index in [2.05, 4.69) is 53.3 Å². The van der Waals surface area contributed by atoms with Gasteiger partial charge in [-0.1, -0.05) is 49.9 Å². The van der Waals surface area contributed by atoms with Crippen LogP contribution in [0.2, 0.25) is 0 Å². The number of aryl methyl sites for hydroxylation is 1. The third kappa shape index (κ3) is 3.81. The molecule has 0 spiro atoms. The normalized spacial score (nSPS) is 12.9. The highest BCUT2D eigenvalue weighted by Crippen LogP contribution is 2.22. The van der Waals surface area contributed by atoms with Crippen LogP contribution in [0.3, 0.4) is 0 Å². The molecule has 0 saturated heterocycles. The fourth-order valence-electron chi connectivity index (χ4n) is 1.78. The molecule has 0 saturated carbocycles. The van der Waals surface area contributed by atoms with Crippen molar-refractivity contribution in [3.05, 3.63) is 41.2 Å².